The molecule has 2 aliphatic rings. The molecule has 0 spiro atoms. The van der Waals surface area contributed by atoms with E-state index in [9.17, 15) is 4.79 Å². The van der Waals surface area contributed by atoms with Gasteiger partial charge in [-0.2, -0.15) is 11.8 Å². The minimum atomic E-state index is 0.153. The number of benzene rings is 1. The third-order valence-electron chi connectivity index (χ3n) is 5.64. The van der Waals surface area contributed by atoms with E-state index in [4.69, 9.17) is 0 Å². The standard InChI is InChI=1S/C21H33N3OS/c1-24(20-9-3-2-4-10-20)15-18-8-6-5-7-17(18)14-23-21(25)13-19-16-26-12-11-22-19/h5-8,19-20,22H,2-4,9-16H2,1H3,(H,23,25). The molecule has 5 heteroatoms. The smallest absolute Gasteiger partial charge is 0.221 e. The van der Waals surface area contributed by atoms with Gasteiger partial charge in [-0.3, -0.25) is 9.69 Å². The number of hydrogen-bond acceptors (Lipinski definition) is 4. The van der Waals surface area contributed by atoms with Crippen molar-refractivity contribution in [1.29, 1.82) is 0 Å². The molecule has 1 unspecified atom stereocenters. The second-order valence-corrected chi connectivity index (χ2v) is 8.83. The molecule has 1 atom stereocenters. The lowest BCUT2D eigenvalue weighted by Gasteiger charge is -2.31. The fourth-order valence-electron chi connectivity index (χ4n) is 4.04. The predicted molar refractivity (Wildman–Crippen MR) is 110 cm³/mol. The zero-order valence-corrected chi connectivity index (χ0v) is 16.8. The van der Waals surface area contributed by atoms with Gasteiger partial charge < -0.3 is 10.6 Å². The molecule has 0 bridgehead atoms. The second kappa shape index (κ2) is 10.3. The highest BCUT2D eigenvalue weighted by Crippen LogP contribution is 2.23. The molecule has 1 aromatic rings. The molecule has 3 rings (SSSR count). The Kier molecular flexibility index (Phi) is 7.84. The Balaban J connectivity index is 1.50. The summed E-state index contributed by atoms with van der Waals surface area (Å²) < 4.78 is 0. The maximum Gasteiger partial charge on any atom is 0.221 e. The van der Waals surface area contributed by atoms with Crippen LogP contribution in [0.4, 0.5) is 0 Å². The van der Waals surface area contributed by atoms with Crippen molar-refractivity contribution in [1.82, 2.24) is 15.5 Å². The summed E-state index contributed by atoms with van der Waals surface area (Å²) in [5.74, 6) is 2.34. The quantitative estimate of drug-likeness (QED) is 0.768. The van der Waals surface area contributed by atoms with E-state index in [-0.39, 0.29) is 5.91 Å². The molecule has 4 nitrogen and oxygen atoms in total. The lowest BCUT2D eigenvalue weighted by Crippen LogP contribution is -2.41. The summed E-state index contributed by atoms with van der Waals surface area (Å²) in [6.45, 7) is 2.61. The van der Waals surface area contributed by atoms with Crippen LogP contribution >= 0.6 is 11.8 Å². The Morgan fingerprint density at radius 3 is 2.73 bits per heavy atom. The normalized spacial score (nSPS) is 21.7. The third-order valence-corrected chi connectivity index (χ3v) is 6.77. The molecular formula is C21H33N3OS. The Morgan fingerprint density at radius 1 is 1.23 bits per heavy atom. The van der Waals surface area contributed by atoms with Crippen LogP contribution in [0.5, 0.6) is 0 Å². The SMILES string of the molecule is CN(Cc1ccccc1CNC(=O)CC1CSCCN1)C1CCCCC1. The van der Waals surface area contributed by atoms with Gasteiger partial charge in [0.05, 0.1) is 0 Å². The van der Waals surface area contributed by atoms with Gasteiger partial charge >= 0.3 is 0 Å². The molecule has 1 saturated carbocycles. The number of nitrogens with one attached hydrogen (secondary N) is 2. The van der Waals surface area contributed by atoms with Gasteiger partial charge in [0.2, 0.25) is 5.91 Å². The van der Waals surface area contributed by atoms with Gasteiger partial charge in [-0.15, -0.1) is 0 Å². The fraction of sp³-hybridized carbons (Fsp3) is 0.667. The van der Waals surface area contributed by atoms with E-state index in [1.165, 1.54) is 43.2 Å². The van der Waals surface area contributed by atoms with Crippen molar-refractivity contribution in [2.24, 2.45) is 0 Å². The van der Waals surface area contributed by atoms with Crippen LogP contribution in [0, 0.1) is 0 Å². The summed E-state index contributed by atoms with van der Waals surface area (Å²) in [5.41, 5.74) is 2.58. The molecular weight excluding hydrogens is 342 g/mol. The maximum absolute atomic E-state index is 12.3. The number of rotatable bonds is 7. The zero-order valence-electron chi connectivity index (χ0n) is 16.0. The molecule has 0 aromatic heterocycles. The minimum absolute atomic E-state index is 0.153. The predicted octanol–water partition coefficient (Wildman–Crippen LogP) is 3.16. The van der Waals surface area contributed by atoms with Gasteiger partial charge in [0, 0.05) is 49.6 Å². The number of amides is 1. The van der Waals surface area contributed by atoms with Crippen LogP contribution in [-0.4, -0.2) is 48.0 Å². The van der Waals surface area contributed by atoms with Gasteiger partial charge in [-0.1, -0.05) is 43.5 Å². The minimum Gasteiger partial charge on any atom is -0.352 e. The zero-order chi connectivity index (χ0) is 18.2. The first-order valence-electron chi connectivity index (χ1n) is 10.1. The second-order valence-electron chi connectivity index (χ2n) is 7.68. The van der Waals surface area contributed by atoms with E-state index in [2.05, 4.69) is 46.8 Å². The number of carbonyl (C=O) groups excluding carboxylic acids is 1. The van der Waals surface area contributed by atoms with Crippen LogP contribution in [0.25, 0.3) is 0 Å². The molecule has 0 radical (unpaired) electrons. The van der Waals surface area contributed by atoms with E-state index in [1.54, 1.807) is 0 Å². The van der Waals surface area contributed by atoms with Crippen molar-refractivity contribution >= 4 is 17.7 Å². The molecule has 26 heavy (non-hydrogen) atoms. The molecule has 1 saturated heterocycles. The molecule has 2 N–H and O–H groups in total. The van der Waals surface area contributed by atoms with E-state index < -0.39 is 0 Å². The summed E-state index contributed by atoms with van der Waals surface area (Å²) in [7, 11) is 2.25. The van der Waals surface area contributed by atoms with Crippen LogP contribution in [0.2, 0.25) is 0 Å². The van der Waals surface area contributed by atoms with Crippen molar-refractivity contribution < 1.29 is 4.79 Å². The van der Waals surface area contributed by atoms with Gasteiger partial charge in [0.1, 0.15) is 0 Å². The van der Waals surface area contributed by atoms with Gasteiger partial charge in [0.25, 0.3) is 0 Å². The van der Waals surface area contributed by atoms with Crippen LogP contribution in [0.1, 0.15) is 49.7 Å². The lowest BCUT2D eigenvalue weighted by atomic mass is 9.94. The summed E-state index contributed by atoms with van der Waals surface area (Å²) in [6.07, 6.45) is 7.34. The molecule has 1 amide bonds. The summed E-state index contributed by atoms with van der Waals surface area (Å²) >= 11 is 1.93. The van der Waals surface area contributed by atoms with Crippen LogP contribution in [0.15, 0.2) is 24.3 Å². The summed E-state index contributed by atoms with van der Waals surface area (Å²) in [6, 6.07) is 9.57. The molecule has 2 fully saturated rings. The van der Waals surface area contributed by atoms with E-state index >= 15 is 0 Å². The largest absolute Gasteiger partial charge is 0.352 e. The number of carbonyl (C=O) groups is 1. The Bertz CT molecular complexity index is 568. The Hall–Kier alpha value is -1.04. The summed E-state index contributed by atoms with van der Waals surface area (Å²) in [5, 5.41) is 6.57. The average Bonchev–Trinajstić information content (AvgIpc) is 2.69. The molecule has 1 aromatic carbocycles. The lowest BCUT2D eigenvalue weighted by molar-refractivity contribution is -0.121. The molecule has 1 aliphatic heterocycles. The van der Waals surface area contributed by atoms with Crippen molar-refractivity contribution in [2.45, 2.75) is 63.7 Å². The maximum atomic E-state index is 12.3. The van der Waals surface area contributed by atoms with Gasteiger partial charge in [-0.05, 0) is 31.0 Å². The third kappa shape index (κ3) is 6.00. The first kappa shape index (κ1) is 19.7. The highest BCUT2D eigenvalue weighted by molar-refractivity contribution is 7.99. The Labute approximate surface area is 162 Å². The van der Waals surface area contributed by atoms with E-state index in [1.807, 2.05) is 11.8 Å². The van der Waals surface area contributed by atoms with Crippen LogP contribution in [0.3, 0.4) is 0 Å². The highest BCUT2D eigenvalue weighted by atomic mass is 32.2. The topological polar surface area (TPSA) is 44.4 Å². The average molecular weight is 376 g/mol. The van der Waals surface area contributed by atoms with Crippen LogP contribution in [-0.2, 0) is 17.9 Å². The molecule has 144 valence electrons. The van der Waals surface area contributed by atoms with Crippen molar-refractivity contribution in [3.63, 3.8) is 0 Å². The summed E-state index contributed by atoms with van der Waals surface area (Å²) in [4.78, 5) is 14.8. The fourth-order valence-corrected chi connectivity index (χ4v) is 4.99. The molecule has 1 heterocycles. The van der Waals surface area contributed by atoms with Crippen LogP contribution < -0.4 is 10.6 Å². The Morgan fingerprint density at radius 2 is 2.00 bits per heavy atom. The van der Waals surface area contributed by atoms with Crippen molar-refractivity contribution in [3.05, 3.63) is 35.4 Å². The first-order valence-corrected chi connectivity index (χ1v) is 11.2. The monoisotopic (exact) mass is 375 g/mol. The van der Waals surface area contributed by atoms with Crippen molar-refractivity contribution in [3.8, 4) is 0 Å². The number of nitrogens with zero attached hydrogens (tertiary/aromatic N) is 1. The van der Waals surface area contributed by atoms with Gasteiger partial charge in [-0.25, -0.2) is 0 Å². The van der Waals surface area contributed by atoms with Crippen molar-refractivity contribution in [2.75, 3.05) is 25.1 Å². The number of hydrogen-bond donors (Lipinski definition) is 2. The first-order chi connectivity index (χ1) is 12.7. The van der Waals surface area contributed by atoms with Gasteiger partial charge in [0.15, 0.2) is 0 Å². The highest BCUT2D eigenvalue weighted by Gasteiger charge is 2.19. The number of thioether (sulfide) groups is 1. The molecule has 1 aliphatic carbocycles. The van der Waals surface area contributed by atoms with E-state index in [0.29, 0.717) is 25.0 Å². The van der Waals surface area contributed by atoms with E-state index in [0.717, 1.165) is 24.6 Å².